The number of rotatable bonds is 27. The standard InChI is InChI=1S/C40H58N8O12S2Se/c1-39(2,43)15-21-27(7-5-8-28(21)61-19-25(35(54)45-17-33(51)52)47-31(49)13-11-23(41)37(56)57)60-34(53)18-46-36(55)26(48-32(50)14-12-24(42)38(58)59)20-62-29-9-6-10-30(63)22(29)16-40(3,4)44/h5-10,23-26,63H,11-20,41-44H2,1-4H3,(H,45,54)(H,46,55)(H,47,49)(H,48,50)(H,51,52)(H,56,57)(H,58,59). The summed E-state index contributed by atoms with van der Waals surface area (Å²) in [5.74, 6) is -7.76. The van der Waals surface area contributed by atoms with Gasteiger partial charge in [-0.2, -0.15) is 0 Å². The number of nitrogens with two attached hydrogens (primary N) is 4. The van der Waals surface area contributed by atoms with Crippen LogP contribution in [0.4, 0.5) is 0 Å². The van der Waals surface area contributed by atoms with Gasteiger partial charge in [0.05, 0.1) is 0 Å². The van der Waals surface area contributed by atoms with Crippen LogP contribution in [0.2, 0.25) is 0 Å². The van der Waals surface area contributed by atoms with Crippen molar-refractivity contribution in [2.24, 2.45) is 22.9 Å². The van der Waals surface area contributed by atoms with Gasteiger partial charge in [0, 0.05) is 28.2 Å². The number of amides is 4. The van der Waals surface area contributed by atoms with Crippen LogP contribution in [0.1, 0.15) is 64.5 Å². The Balaban J connectivity index is 2.31. The Bertz CT molecular complexity index is 1980. The van der Waals surface area contributed by atoms with Crippen molar-refractivity contribution in [2.75, 3.05) is 24.6 Å². The maximum absolute atomic E-state index is 13.6. The number of carbonyl (C=O) groups is 8. The number of thioether (sulfide) groups is 2. The average Bonchev–Trinajstić information content (AvgIpc) is 3.18. The first-order valence-electron chi connectivity index (χ1n) is 19.6. The second kappa shape index (κ2) is 25.5. The molecule has 20 nitrogen and oxygen atoms in total. The molecule has 15 N–H and O–H groups in total. The number of nitrogens with one attached hydrogen (secondary N) is 4. The molecule has 348 valence electrons. The van der Waals surface area contributed by atoms with Gasteiger partial charge in [0.2, 0.25) is 11.8 Å². The van der Waals surface area contributed by atoms with Gasteiger partial charge < -0.3 is 37.4 Å². The molecule has 23 heteroatoms. The molecule has 63 heavy (non-hydrogen) atoms. The van der Waals surface area contributed by atoms with Crippen LogP contribution in [0, 0.1) is 0 Å². The second-order valence-electron chi connectivity index (χ2n) is 15.9. The van der Waals surface area contributed by atoms with Gasteiger partial charge in [-0.25, -0.2) is 0 Å². The second-order valence-corrected chi connectivity index (χ2v) is 19.1. The summed E-state index contributed by atoms with van der Waals surface area (Å²) in [7, 11) is 0. The monoisotopic (exact) mass is 986 g/mol. The van der Waals surface area contributed by atoms with Crippen molar-refractivity contribution in [2.45, 2.75) is 111 Å². The van der Waals surface area contributed by atoms with E-state index in [1.54, 1.807) is 26.0 Å². The molecule has 0 aliphatic carbocycles. The molecule has 2 aromatic rings. The summed E-state index contributed by atoms with van der Waals surface area (Å²) < 4.78 is 6.64. The minimum absolute atomic E-state index is 0.0205. The van der Waals surface area contributed by atoms with Crippen molar-refractivity contribution in [1.82, 2.24) is 21.3 Å². The summed E-state index contributed by atoms with van der Waals surface area (Å²) in [6, 6.07) is 5.25. The Kier molecular flexibility index (Phi) is 22.0. The first-order chi connectivity index (χ1) is 29.3. The van der Waals surface area contributed by atoms with Crippen molar-refractivity contribution in [3.63, 3.8) is 0 Å². The molecule has 2 rings (SSSR count). The van der Waals surface area contributed by atoms with E-state index >= 15 is 0 Å². The number of aliphatic carboxylic acids is 3. The number of carboxylic acid groups (broad SMARTS) is 3. The van der Waals surface area contributed by atoms with Crippen molar-refractivity contribution < 1.29 is 58.4 Å². The van der Waals surface area contributed by atoms with E-state index in [0.29, 0.717) is 16.9 Å². The number of hydrogen-bond donors (Lipinski definition) is 11. The fourth-order valence-electron chi connectivity index (χ4n) is 5.52. The Labute approximate surface area is 381 Å². The SMILES string of the molecule is CC(C)(N)Cc1c([SeH])cccc1SCC(NC(=O)CCC(N)C(=O)O)C(=O)NCC(=O)Oc1cccc(SCC(NC(=O)CCC(N)C(=O)O)C(=O)NCC(=O)O)c1CC(C)(C)N. The molecule has 0 bridgehead atoms. The number of ether oxygens (including phenoxy) is 1. The van der Waals surface area contributed by atoms with Crippen LogP contribution in [0.15, 0.2) is 46.2 Å². The molecule has 0 radical (unpaired) electrons. The van der Waals surface area contributed by atoms with Crippen LogP contribution in [0.5, 0.6) is 5.75 Å². The molecule has 0 aromatic heterocycles. The Hall–Kier alpha value is -4.74. The van der Waals surface area contributed by atoms with Gasteiger partial charge in [0.25, 0.3) is 0 Å². The molecule has 0 aliphatic heterocycles. The van der Waals surface area contributed by atoms with E-state index in [0.717, 1.165) is 26.7 Å². The number of esters is 1. The minimum atomic E-state index is -1.33. The maximum atomic E-state index is 13.6. The fraction of sp³-hybridized carbons (Fsp3) is 0.500. The summed E-state index contributed by atoms with van der Waals surface area (Å²) in [6.45, 7) is 5.84. The van der Waals surface area contributed by atoms with Gasteiger partial charge in [-0.1, -0.05) is 6.07 Å². The predicted octanol–water partition coefficient (Wildman–Crippen LogP) is -1.77. The molecule has 0 fully saturated rings. The summed E-state index contributed by atoms with van der Waals surface area (Å²) in [4.78, 5) is 100. The minimum Gasteiger partial charge on any atom is -0.480 e. The van der Waals surface area contributed by atoms with E-state index in [-0.39, 0.29) is 49.4 Å². The number of carboxylic acids is 3. The number of hydrogen-bond acceptors (Lipinski definition) is 15. The van der Waals surface area contributed by atoms with E-state index in [1.165, 1.54) is 17.8 Å². The molecule has 0 heterocycles. The van der Waals surface area contributed by atoms with Crippen LogP contribution in [-0.2, 0) is 51.2 Å². The topological polar surface area (TPSA) is 359 Å². The third-order valence-electron chi connectivity index (χ3n) is 8.62. The molecule has 0 saturated heterocycles. The van der Waals surface area contributed by atoms with Crippen LogP contribution < -0.4 is 53.4 Å². The van der Waals surface area contributed by atoms with Crippen molar-refractivity contribution >= 4 is 91.5 Å². The van der Waals surface area contributed by atoms with Crippen LogP contribution in [-0.4, -0.2) is 139 Å². The number of carbonyl (C=O) groups excluding carboxylic acids is 5. The molecule has 4 atom stereocenters. The van der Waals surface area contributed by atoms with Crippen molar-refractivity contribution in [3.05, 3.63) is 47.5 Å². The predicted molar refractivity (Wildman–Crippen MR) is 238 cm³/mol. The van der Waals surface area contributed by atoms with Crippen LogP contribution in [0.3, 0.4) is 0 Å². The summed E-state index contributed by atoms with van der Waals surface area (Å²) in [5.41, 5.74) is 23.7. The molecule has 4 unspecified atom stereocenters. The van der Waals surface area contributed by atoms with Crippen LogP contribution in [0.25, 0.3) is 0 Å². The Morgan fingerprint density at radius 2 is 1.11 bits per heavy atom. The zero-order chi connectivity index (χ0) is 47.7. The van der Waals surface area contributed by atoms with E-state index in [1.807, 2.05) is 32.0 Å². The van der Waals surface area contributed by atoms with Gasteiger partial charge in [0.1, 0.15) is 18.6 Å². The van der Waals surface area contributed by atoms with Gasteiger partial charge in [-0.3, -0.25) is 24.0 Å². The molecule has 0 spiro atoms. The first-order valence-corrected chi connectivity index (χ1v) is 22.5. The van der Waals surface area contributed by atoms with Gasteiger partial charge in [0.15, 0.2) is 0 Å². The third-order valence-corrected chi connectivity index (χ3v) is 11.9. The normalized spacial score (nSPS) is 13.4. The van der Waals surface area contributed by atoms with E-state index < -0.39 is 95.8 Å². The van der Waals surface area contributed by atoms with Gasteiger partial charge in [-0.05, 0) is 38.8 Å². The van der Waals surface area contributed by atoms with E-state index in [4.69, 9.17) is 43.0 Å². The average molecular weight is 986 g/mol. The molecular weight excluding hydrogens is 928 g/mol. The first kappa shape index (κ1) is 54.4. The summed E-state index contributed by atoms with van der Waals surface area (Å²) >= 11 is 4.83. The van der Waals surface area contributed by atoms with E-state index in [2.05, 4.69) is 37.3 Å². The number of benzene rings is 2. The molecule has 0 aliphatic rings. The van der Waals surface area contributed by atoms with Crippen molar-refractivity contribution in [3.8, 4) is 5.75 Å². The smallest absolute Gasteiger partial charge is 0.480 e. The summed E-state index contributed by atoms with van der Waals surface area (Å²) in [5, 5.41) is 37.1. The van der Waals surface area contributed by atoms with Crippen LogP contribution >= 0.6 is 23.5 Å². The quantitative estimate of drug-likeness (QED) is 0.0204. The fourth-order valence-corrected chi connectivity index (χ4v) is 8.50. The zero-order valence-corrected chi connectivity index (χ0v) is 38.9. The van der Waals surface area contributed by atoms with Crippen molar-refractivity contribution in [1.29, 1.82) is 0 Å². The molecule has 4 amide bonds. The Morgan fingerprint density at radius 3 is 1.56 bits per heavy atom. The van der Waals surface area contributed by atoms with Gasteiger partial charge >= 0.3 is 207 Å². The zero-order valence-electron chi connectivity index (χ0n) is 35.4. The molecular formula is C40H58N8O12S2Se. The third kappa shape index (κ3) is 21.0. The Morgan fingerprint density at radius 1 is 0.683 bits per heavy atom. The van der Waals surface area contributed by atoms with E-state index in [9.17, 15) is 38.4 Å². The molecule has 0 saturated carbocycles. The van der Waals surface area contributed by atoms with Gasteiger partial charge in [-0.15, -0.1) is 11.8 Å². The summed E-state index contributed by atoms with van der Waals surface area (Å²) in [6.07, 6.45) is -0.370. The molecule has 2 aromatic carbocycles.